The fourth-order valence-corrected chi connectivity index (χ4v) is 10.8. The number of hydrogen-bond acceptors (Lipinski definition) is 16. The van der Waals surface area contributed by atoms with Gasteiger partial charge in [0.1, 0.15) is 35.3 Å². The predicted octanol–water partition coefficient (Wildman–Crippen LogP) is 5.80. The van der Waals surface area contributed by atoms with Gasteiger partial charge in [-0.1, -0.05) is 5.16 Å². The van der Waals surface area contributed by atoms with E-state index in [1.807, 2.05) is 37.8 Å². The summed E-state index contributed by atoms with van der Waals surface area (Å²) in [6.07, 6.45) is 9.87. The molecule has 10 rings (SSSR count). The average Bonchev–Trinajstić information content (AvgIpc) is 3.97. The van der Waals surface area contributed by atoms with Crippen LogP contribution < -0.4 is 21.3 Å². The topological polar surface area (TPSA) is 236 Å². The standard InChI is InChI=1S/C50H62F2N14O6/c1-27-22-64(43-34(51)18-33(19-35(43)52)58-36-8-9-37(67)59-48(36)69)23-28(2)65(27)24-29-10-14-62(15-11-29)38(68)25-71-49(70)63-16-12-30(13-17-63)32-20-54-46(55-21-32)39-42(61-72-44(39)31-6-7-31)41-40-45(53)56-26-57-47(40)66(60-41)50(3,4)5/h18-21,26-31,36,58H,6-17,22-25H2,1-5H3,(H2,53,56,57)(H,59,67,69)/t27-,28+,36?. The first-order chi connectivity index (χ1) is 34.5. The number of rotatable bonds is 11. The molecule has 0 spiro atoms. The molecule has 1 saturated carbocycles. The molecule has 5 aromatic rings. The molecule has 1 aromatic carbocycles. The van der Waals surface area contributed by atoms with Crippen molar-refractivity contribution in [1.29, 1.82) is 0 Å². The molecule has 382 valence electrons. The zero-order valence-electron chi connectivity index (χ0n) is 41.4. The molecular formula is C50H62F2N14O6. The van der Waals surface area contributed by atoms with Crippen LogP contribution in [0.25, 0.3) is 33.8 Å². The fraction of sp³-hybridized carbons (Fsp3) is 0.560. The zero-order chi connectivity index (χ0) is 50.6. The minimum atomic E-state index is -0.754. The highest BCUT2D eigenvalue weighted by molar-refractivity contribution is 6.02. The van der Waals surface area contributed by atoms with Gasteiger partial charge in [0.25, 0.3) is 5.91 Å². The number of amides is 4. The lowest BCUT2D eigenvalue weighted by Gasteiger charge is -2.47. The van der Waals surface area contributed by atoms with Crippen LogP contribution in [0.1, 0.15) is 109 Å². The molecule has 4 saturated heterocycles. The Morgan fingerprint density at radius 2 is 1.54 bits per heavy atom. The second kappa shape index (κ2) is 19.6. The Bertz CT molecular complexity index is 2830. The molecule has 4 aliphatic heterocycles. The molecule has 3 atom stereocenters. The van der Waals surface area contributed by atoms with Crippen LogP contribution in [0, 0.1) is 17.6 Å². The van der Waals surface area contributed by atoms with Crippen LogP contribution in [0.15, 0.2) is 35.4 Å². The van der Waals surface area contributed by atoms with Crippen molar-refractivity contribution in [3.8, 4) is 22.8 Å². The molecule has 1 unspecified atom stereocenters. The number of carbonyl (C=O) groups excluding carboxylic acids is 4. The highest BCUT2D eigenvalue weighted by Crippen LogP contribution is 2.48. The second-order valence-corrected chi connectivity index (χ2v) is 21.1. The number of likely N-dealkylation sites (tertiary alicyclic amines) is 2. The monoisotopic (exact) mass is 992 g/mol. The number of nitrogens with zero attached hydrogens (tertiary/aromatic N) is 11. The highest BCUT2D eigenvalue weighted by atomic mass is 19.1. The maximum absolute atomic E-state index is 15.5. The number of imide groups is 1. The number of halogens is 2. The lowest BCUT2D eigenvalue weighted by atomic mass is 9.91. The zero-order valence-corrected chi connectivity index (χ0v) is 41.4. The Balaban J connectivity index is 0.680. The fourth-order valence-electron chi connectivity index (χ4n) is 10.8. The number of piperidine rings is 3. The minimum Gasteiger partial charge on any atom is -0.439 e. The quantitative estimate of drug-likeness (QED) is 0.133. The van der Waals surface area contributed by atoms with Crippen molar-refractivity contribution in [3.05, 3.63) is 53.8 Å². The molecule has 4 aromatic heterocycles. The maximum atomic E-state index is 15.5. The number of carbonyl (C=O) groups is 4. The summed E-state index contributed by atoms with van der Waals surface area (Å²) in [6, 6.07) is 1.64. The first-order valence-electron chi connectivity index (χ1n) is 25.1. The summed E-state index contributed by atoms with van der Waals surface area (Å²) >= 11 is 0. The Morgan fingerprint density at radius 3 is 2.18 bits per heavy atom. The summed E-state index contributed by atoms with van der Waals surface area (Å²) in [6.45, 7) is 13.6. The van der Waals surface area contributed by atoms with Gasteiger partial charge in [-0.05, 0) is 109 Å². The number of hydrogen-bond donors (Lipinski definition) is 3. The van der Waals surface area contributed by atoms with E-state index in [-0.39, 0.29) is 66.6 Å². The average molecular weight is 993 g/mol. The maximum Gasteiger partial charge on any atom is 0.410 e. The number of anilines is 3. The molecular weight excluding hydrogens is 931 g/mol. The smallest absolute Gasteiger partial charge is 0.410 e. The lowest BCUT2D eigenvalue weighted by Crippen LogP contribution is -2.58. The minimum absolute atomic E-state index is 0.00130. The van der Waals surface area contributed by atoms with Gasteiger partial charge in [0, 0.05) is 88.3 Å². The summed E-state index contributed by atoms with van der Waals surface area (Å²) in [4.78, 5) is 76.1. The summed E-state index contributed by atoms with van der Waals surface area (Å²) in [5, 5.41) is 15.1. The molecule has 72 heavy (non-hydrogen) atoms. The van der Waals surface area contributed by atoms with Crippen molar-refractivity contribution in [3.63, 3.8) is 0 Å². The van der Waals surface area contributed by atoms with Crippen molar-refractivity contribution in [1.82, 2.24) is 54.9 Å². The van der Waals surface area contributed by atoms with Crippen molar-refractivity contribution in [2.24, 2.45) is 5.92 Å². The van der Waals surface area contributed by atoms with Gasteiger partial charge < -0.3 is 35.0 Å². The van der Waals surface area contributed by atoms with Gasteiger partial charge in [0.05, 0.1) is 16.5 Å². The first kappa shape index (κ1) is 48.8. The van der Waals surface area contributed by atoms with E-state index < -0.39 is 35.2 Å². The van der Waals surface area contributed by atoms with Gasteiger partial charge in [0.15, 0.2) is 35.5 Å². The molecule has 20 nitrogen and oxygen atoms in total. The van der Waals surface area contributed by atoms with E-state index in [2.05, 4.69) is 44.5 Å². The number of nitrogen functional groups attached to an aromatic ring is 1. The molecule has 22 heteroatoms. The molecule has 4 amide bonds. The summed E-state index contributed by atoms with van der Waals surface area (Å²) in [7, 11) is 0. The van der Waals surface area contributed by atoms with Crippen molar-refractivity contribution in [2.45, 2.75) is 121 Å². The van der Waals surface area contributed by atoms with Crippen molar-refractivity contribution < 1.29 is 37.2 Å². The van der Waals surface area contributed by atoms with Crippen LogP contribution in [0.3, 0.4) is 0 Å². The normalized spacial score (nSPS) is 21.9. The van der Waals surface area contributed by atoms with E-state index in [1.165, 1.54) is 18.5 Å². The van der Waals surface area contributed by atoms with E-state index in [1.54, 1.807) is 14.7 Å². The Hall–Kier alpha value is -6.84. The number of nitrogens with two attached hydrogens (primary N) is 1. The van der Waals surface area contributed by atoms with Crippen LogP contribution in [0.2, 0.25) is 0 Å². The molecule has 8 heterocycles. The van der Waals surface area contributed by atoms with Crippen LogP contribution in [-0.4, -0.2) is 144 Å². The van der Waals surface area contributed by atoms with E-state index in [0.29, 0.717) is 97.7 Å². The summed E-state index contributed by atoms with van der Waals surface area (Å²) < 4.78 is 44.4. The van der Waals surface area contributed by atoms with Crippen molar-refractivity contribution >= 4 is 52.0 Å². The number of piperazine rings is 1. The molecule has 0 radical (unpaired) electrons. The van der Waals surface area contributed by atoms with Gasteiger partial charge >= 0.3 is 6.09 Å². The molecule has 4 N–H and O–H groups in total. The molecule has 5 aliphatic rings. The molecule has 5 fully saturated rings. The first-order valence-corrected chi connectivity index (χ1v) is 25.1. The van der Waals surface area contributed by atoms with E-state index >= 15 is 8.78 Å². The summed E-state index contributed by atoms with van der Waals surface area (Å²) in [5.74, 6) is -0.411. The third-order valence-electron chi connectivity index (χ3n) is 14.9. The van der Waals surface area contributed by atoms with Crippen LogP contribution in [0.5, 0.6) is 0 Å². The molecule has 0 bridgehead atoms. The van der Waals surface area contributed by atoms with E-state index in [0.717, 1.165) is 43.6 Å². The van der Waals surface area contributed by atoms with Crippen LogP contribution in [0.4, 0.5) is 30.8 Å². The number of benzene rings is 1. The third-order valence-corrected chi connectivity index (χ3v) is 14.9. The van der Waals surface area contributed by atoms with Gasteiger partial charge in [-0.2, -0.15) is 5.10 Å². The second-order valence-electron chi connectivity index (χ2n) is 21.1. The largest absolute Gasteiger partial charge is 0.439 e. The van der Waals surface area contributed by atoms with Crippen LogP contribution in [-0.2, 0) is 24.7 Å². The van der Waals surface area contributed by atoms with Crippen molar-refractivity contribution in [2.75, 3.05) is 68.4 Å². The highest BCUT2D eigenvalue weighted by Gasteiger charge is 2.38. The molecule has 1 aliphatic carbocycles. The predicted molar refractivity (Wildman–Crippen MR) is 261 cm³/mol. The van der Waals surface area contributed by atoms with Gasteiger partial charge in [0.2, 0.25) is 11.8 Å². The number of ether oxygens (including phenoxy) is 1. The number of aromatic nitrogens is 7. The number of fused-ring (bicyclic) bond motifs is 1. The third kappa shape index (κ3) is 9.88. The Morgan fingerprint density at radius 1 is 0.875 bits per heavy atom. The lowest BCUT2D eigenvalue weighted by molar-refractivity contribution is -0.136. The van der Waals surface area contributed by atoms with Gasteiger partial charge in [-0.15, -0.1) is 0 Å². The van der Waals surface area contributed by atoms with E-state index in [4.69, 9.17) is 30.1 Å². The summed E-state index contributed by atoms with van der Waals surface area (Å²) in [5.41, 5.74) is 9.29. The van der Waals surface area contributed by atoms with Crippen LogP contribution >= 0.6 is 0 Å². The van der Waals surface area contributed by atoms with Gasteiger partial charge in [-0.3, -0.25) is 24.6 Å². The number of nitrogens with one attached hydrogen (secondary N) is 2. The van der Waals surface area contributed by atoms with Gasteiger partial charge in [-0.25, -0.2) is 38.2 Å². The SMILES string of the molecule is C[C@@H]1CN(c2c(F)cc(NC3CCC(=O)NC3=O)cc2F)C[C@H](C)N1CC1CCN(C(=O)COC(=O)N2CCC(c3cnc(-c4c(-c5nn(C(C)(C)C)c6ncnc(N)c56)noc4C4CC4)nc3)CC2)CC1. The Labute approximate surface area is 415 Å². The van der Waals surface area contributed by atoms with E-state index in [9.17, 15) is 19.2 Å². The Kier molecular flexibility index (Phi) is 13.3.